The van der Waals surface area contributed by atoms with Gasteiger partial charge >= 0.3 is 0 Å². The number of ether oxygens (including phenoxy) is 2. The molecule has 6 unspecified atom stereocenters. The molecule has 5 aliphatic rings. The lowest BCUT2D eigenvalue weighted by Gasteiger charge is -2.26. The van der Waals surface area contributed by atoms with Gasteiger partial charge in [0.05, 0.1) is 11.9 Å². The van der Waals surface area contributed by atoms with E-state index in [-0.39, 0.29) is 59.5 Å². The zero-order chi connectivity index (χ0) is 42.0. The van der Waals surface area contributed by atoms with Gasteiger partial charge in [0.2, 0.25) is 0 Å². The van der Waals surface area contributed by atoms with Gasteiger partial charge in [0, 0.05) is 53.7 Å². The standard InChI is InChI=1S/C53H68O6/c1-8-44-34(5)46-27-39(38-21-20-37(25-38)26-49(55)32(2)3)22-23-45(46)52(35(44)6)59-43-28-47-48(29-43)51(57)40(24-33(4)58-42-18-14-15-19-42)16-12-10-9-11-13-17-41-30-53(41,36(7)54)31-50(47)56/h13,17,21-23,25,27,32,40-43,47-48H,4,8-12,14-16,18-20,24,26,28-31H2,1-3,5-7H3/b17-13-. The molecule has 0 aliphatic heterocycles. The first-order chi connectivity index (χ1) is 28.3. The number of allylic oxidation sites excluding steroid dienone is 7. The lowest BCUT2D eigenvalue weighted by atomic mass is 9.77. The predicted molar refractivity (Wildman–Crippen MR) is 237 cm³/mol. The Kier molecular flexibility index (Phi) is 13.3. The van der Waals surface area contributed by atoms with Gasteiger partial charge in [-0.2, -0.15) is 0 Å². The largest absolute Gasteiger partial charge is 0.495 e. The molecule has 3 fully saturated rings. The van der Waals surface area contributed by atoms with Crippen LogP contribution in [0.25, 0.3) is 16.3 Å². The van der Waals surface area contributed by atoms with Crippen molar-refractivity contribution < 1.29 is 28.7 Å². The molecule has 7 rings (SSSR count). The summed E-state index contributed by atoms with van der Waals surface area (Å²) in [6.07, 6.45) is 22.2. The Bertz CT molecular complexity index is 2070. The fraction of sp³-hybridized carbons (Fsp3) is 0.585. The number of fused-ring (bicyclic) bond motifs is 3. The summed E-state index contributed by atoms with van der Waals surface area (Å²) in [4.78, 5) is 55.3. The maximum Gasteiger partial charge on any atom is 0.140 e. The van der Waals surface area contributed by atoms with Gasteiger partial charge in [-0.1, -0.05) is 82.2 Å². The number of rotatable bonds is 12. The van der Waals surface area contributed by atoms with Crippen molar-refractivity contribution in [2.75, 3.05) is 0 Å². The molecule has 0 aromatic heterocycles. The van der Waals surface area contributed by atoms with E-state index < -0.39 is 17.3 Å². The van der Waals surface area contributed by atoms with E-state index in [4.69, 9.17) is 9.47 Å². The number of Topliss-reactive ketones (excluding diaryl/α,β-unsaturated/α-hetero) is 4. The van der Waals surface area contributed by atoms with E-state index in [0.717, 1.165) is 96.6 Å². The Balaban J connectivity index is 1.19. The number of benzene rings is 2. The number of hydrogen-bond donors (Lipinski definition) is 0. The molecular weight excluding hydrogens is 733 g/mol. The van der Waals surface area contributed by atoms with Gasteiger partial charge in [-0.3, -0.25) is 19.2 Å². The van der Waals surface area contributed by atoms with Gasteiger partial charge in [0.15, 0.2) is 0 Å². The predicted octanol–water partition coefficient (Wildman–Crippen LogP) is 12.2. The maximum atomic E-state index is 15.0. The van der Waals surface area contributed by atoms with Gasteiger partial charge in [-0.15, -0.1) is 0 Å². The van der Waals surface area contributed by atoms with Crippen molar-refractivity contribution in [2.45, 2.75) is 163 Å². The third-order valence-electron chi connectivity index (χ3n) is 14.8. The lowest BCUT2D eigenvalue weighted by molar-refractivity contribution is -0.136. The summed E-state index contributed by atoms with van der Waals surface area (Å²) in [5.41, 5.74) is 6.36. The first-order valence-electron chi connectivity index (χ1n) is 23.0. The molecule has 0 amide bonds. The molecule has 0 heterocycles. The fourth-order valence-electron chi connectivity index (χ4n) is 11.0. The van der Waals surface area contributed by atoms with Crippen LogP contribution in [0.4, 0.5) is 0 Å². The van der Waals surface area contributed by atoms with Crippen LogP contribution in [0.2, 0.25) is 0 Å². The molecule has 6 atom stereocenters. The molecule has 0 radical (unpaired) electrons. The second-order valence-corrected chi connectivity index (χ2v) is 19.2. The minimum atomic E-state index is -0.657. The van der Waals surface area contributed by atoms with Crippen LogP contribution in [0.1, 0.15) is 153 Å². The summed E-state index contributed by atoms with van der Waals surface area (Å²) in [5, 5.41) is 2.17. The number of carbonyl (C=O) groups is 4. The van der Waals surface area contributed by atoms with E-state index in [1.807, 2.05) is 13.8 Å². The zero-order valence-corrected chi connectivity index (χ0v) is 36.8. The maximum absolute atomic E-state index is 15.0. The van der Waals surface area contributed by atoms with Crippen LogP contribution in [0.3, 0.4) is 0 Å². The minimum Gasteiger partial charge on any atom is -0.495 e. The van der Waals surface area contributed by atoms with E-state index in [1.54, 1.807) is 6.92 Å². The molecule has 5 aliphatic carbocycles. The molecule has 2 aromatic rings. The van der Waals surface area contributed by atoms with E-state index >= 15 is 0 Å². The van der Waals surface area contributed by atoms with Gasteiger partial charge in [-0.05, 0) is 143 Å². The number of hydrogen-bond acceptors (Lipinski definition) is 6. The summed E-state index contributed by atoms with van der Waals surface area (Å²) in [5.74, 6) is 0.907. The van der Waals surface area contributed by atoms with Crippen molar-refractivity contribution in [3.05, 3.63) is 82.7 Å². The SMILES string of the molecule is C=C(CC1CCCCC/C=C\C2CC2(C(C)=O)CC(=O)C2CC(Oc3c(C)c(CC)c(C)c4cc(C5=CCC(CC(=O)C(C)C)=C5)ccc34)CC2C1=O)OC1CCCC1. The smallest absolute Gasteiger partial charge is 0.140 e. The molecule has 3 saturated carbocycles. The summed E-state index contributed by atoms with van der Waals surface area (Å²) in [7, 11) is 0. The second kappa shape index (κ2) is 18.3. The highest BCUT2D eigenvalue weighted by molar-refractivity contribution is 5.98. The average Bonchev–Trinajstić information content (AvgIpc) is 3.64. The molecule has 6 nitrogen and oxygen atoms in total. The number of carbonyl (C=O) groups excluding carboxylic acids is 4. The van der Waals surface area contributed by atoms with Crippen molar-refractivity contribution in [2.24, 2.45) is 35.0 Å². The third-order valence-corrected chi connectivity index (χ3v) is 14.8. The van der Waals surface area contributed by atoms with Crippen LogP contribution in [0.5, 0.6) is 5.75 Å². The highest BCUT2D eigenvalue weighted by Gasteiger charge is 2.59. The summed E-state index contributed by atoms with van der Waals surface area (Å²) < 4.78 is 13.5. The molecule has 59 heavy (non-hydrogen) atoms. The van der Waals surface area contributed by atoms with Crippen molar-refractivity contribution >= 4 is 39.5 Å². The van der Waals surface area contributed by atoms with Crippen molar-refractivity contribution in [1.82, 2.24) is 0 Å². The number of ketones is 4. The molecule has 0 spiro atoms. The Labute approximate surface area is 353 Å². The van der Waals surface area contributed by atoms with E-state index in [1.165, 1.54) is 24.0 Å². The lowest BCUT2D eigenvalue weighted by Crippen LogP contribution is -2.33. The average molecular weight is 801 g/mol. The Morgan fingerprint density at radius 1 is 0.932 bits per heavy atom. The van der Waals surface area contributed by atoms with Crippen LogP contribution >= 0.6 is 0 Å². The van der Waals surface area contributed by atoms with Crippen molar-refractivity contribution in [3.63, 3.8) is 0 Å². The first-order valence-corrected chi connectivity index (χ1v) is 23.0. The van der Waals surface area contributed by atoms with Gasteiger partial charge in [0.1, 0.15) is 35.0 Å². The van der Waals surface area contributed by atoms with Gasteiger partial charge < -0.3 is 9.47 Å². The molecule has 6 heteroatoms. The Morgan fingerprint density at radius 3 is 2.41 bits per heavy atom. The van der Waals surface area contributed by atoms with Crippen molar-refractivity contribution in [3.8, 4) is 5.75 Å². The molecule has 0 N–H and O–H groups in total. The monoisotopic (exact) mass is 801 g/mol. The van der Waals surface area contributed by atoms with Gasteiger partial charge in [0.25, 0.3) is 0 Å². The molecule has 2 aromatic carbocycles. The van der Waals surface area contributed by atoms with Crippen LogP contribution in [-0.4, -0.2) is 35.3 Å². The van der Waals surface area contributed by atoms with Crippen LogP contribution in [-0.2, 0) is 30.3 Å². The first kappa shape index (κ1) is 43.0. The van der Waals surface area contributed by atoms with Crippen LogP contribution < -0.4 is 4.74 Å². The van der Waals surface area contributed by atoms with Crippen LogP contribution in [0, 0.1) is 48.9 Å². The normalized spacial score (nSPS) is 28.4. The van der Waals surface area contributed by atoms with E-state index in [0.29, 0.717) is 37.9 Å². The second-order valence-electron chi connectivity index (χ2n) is 19.2. The van der Waals surface area contributed by atoms with Crippen molar-refractivity contribution in [1.29, 1.82) is 0 Å². The zero-order valence-electron chi connectivity index (χ0n) is 36.8. The third kappa shape index (κ3) is 9.32. The van der Waals surface area contributed by atoms with E-state index in [2.05, 4.69) is 69.9 Å². The number of aryl methyl sites for hydroxylation is 1. The summed E-state index contributed by atoms with van der Waals surface area (Å²) >= 11 is 0. The molecular formula is C53H68O6. The Morgan fingerprint density at radius 2 is 1.68 bits per heavy atom. The fourth-order valence-corrected chi connectivity index (χ4v) is 11.0. The molecule has 316 valence electrons. The summed E-state index contributed by atoms with van der Waals surface area (Å²) in [6, 6.07) is 6.59. The molecule has 0 bridgehead atoms. The quantitative estimate of drug-likeness (QED) is 0.157. The molecule has 0 saturated heterocycles. The Hall–Kier alpha value is -4.06. The topological polar surface area (TPSA) is 86.7 Å². The van der Waals surface area contributed by atoms with E-state index in [9.17, 15) is 19.2 Å². The highest BCUT2D eigenvalue weighted by Crippen LogP contribution is 2.58. The highest BCUT2D eigenvalue weighted by atomic mass is 16.5. The minimum absolute atomic E-state index is 0.0238. The van der Waals surface area contributed by atoms with Crippen LogP contribution in [0.15, 0.2) is 60.4 Å². The summed E-state index contributed by atoms with van der Waals surface area (Å²) in [6.45, 7) is 16.4. The van der Waals surface area contributed by atoms with Gasteiger partial charge in [-0.25, -0.2) is 0 Å².